The van der Waals surface area contributed by atoms with Gasteiger partial charge in [-0.05, 0) is 41.7 Å². The van der Waals surface area contributed by atoms with E-state index < -0.39 is 10.0 Å². The summed E-state index contributed by atoms with van der Waals surface area (Å²) in [6.45, 7) is 2.90. The maximum absolute atomic E-state index is 12.4. The van der Waals surface area contributed by atoms with Crippen LogP contribution in [0.4, 0.5) is 5.69 Å². The SMILES string of the molecule is CCCN1C(=O)CCc2cc(CNS(=O)(=O)Cc3ccccc3C#N)ccc21. The van der Waals surface area contributed by atoms with E-state index in [4.69, 9.17) is 5.26 Å². The number of carbonyl (C=O) groups excluding carboxylic acids is 1. The monoisotopic (exact) mass is 397 g/mol. The van der Waals surface area contributed by atoms with Crippen molar-refractivity contribution in [2.24, 2.45) is 0 Å². The van der Waals surface area contributed by atoms with Crippen LogP contribution in [0.2, 0.25) is 0 Å². The van der Waals surface area contributed by atoms with E-state index in [1.165, 1.54) is 0 Å². The largest absolute Gasteiger partial charge is 0.312 e. The van der Waals surface area contributed by atoms with E-state index in [2.05, 4.69) is 4.72 Å². The number of aryl methyl sites for hydroxylation is 1. The van der Waals surface area contributed by atoms with Crippen molar-refractivity contribution in [2.75, 3.05) is 11.4 Å². The van der Waals surface area contributed by atoms with Gasteiger partial charge >= 0.3 is 0 Å². The Bertz CT molecular complexity index is 1030. The molecule has 3 rings (SSSR count). The molecule has 0 spiro atoms. The Balaban J connectivity index is 1.71. The number of hydrogen-bond acceptors (Lipinski definition) is 4. The molecule has 7 heteroatoms. The molecular formula is C21H23N3O3S. The molecule has 0 aliphatic carbocycles. The lowest BCUT2D eigenvalue weighted by Crippen LogP contribution is -2.35. The smallest absolute Gasteiger partial charge is 0.227 e. The lowest BCUT2D eigenvalue weighted by Gasteiger charge is -2.29. The molecule has 0 unspecified atom stereocenters. The first-order valence-corrected chi connectivity index (χ1v) is 11.0. The molecule has 2 aromatic carbocycles. The summed E-state index contributed by atoms with van der Waals surface area (Å²) in [4.78, 5) is 13.9. The molecule has 1 amide bonds. The molecule has 2 aromatic rings. The van der Waals surface area contributed by atoms with Gasteiger partial charge in [-0.25, -0.2) is 13.1 Å². The molecule has 0 saturated heterocycles. The van der Waals surface area contributed by atoms with Crippen molar-refractivity contribution in [3.8, 4) is 6.07 Å². The molecule has 0 radical (unpaired) electrons. The molecule has 0 fully saturated rings. The zero-order valence-electron chi connectivity index (χ0n) is 15.8. The Morgan fingerprint density at radius 1 is 1.18 bits per heavy atom. The minimum atomic E-state index is -3.58. The van der Waals surface area contributed by atoms with Gasteiger partial charge in [-0.2, -0.15) is 5.26 Å². The van der Waals surface area contributed by atoms with Crippen molar-refractivity contribution in [3.05, 3.63) is 64.7 Å². The molecule has 1 heterocycles. The quantitative estimate of drug-likeness (QED) is 0.778. The summed E-state index contributed by atoms with van der Waals surface area (Å²) in [5.74, 6) is -0.0977. The number of nitrogens with zero attached hydrogens (tertiary/aromatic N) is 2. The van der Waals surface area contributed by atoms with Crippen LogP contribution in [0.25, 0.3) is 0 Å². The highest BCUT2D eigenvalue weighted by Gasteiger charge is 2.23. The van der Waals surface area contributed by atoms with Gasteiger partial charge in [0.2, 0.25) is 15.9 Å². The van der Waals surface area contributed by atoms with Crippen LogP contribution in [0.15, 0.2) is 42.5 Å². The number of carbonyl (C=O) groups is 1. The Morgan fingerprint density at radius 3 is 2.71 bits per heavy atom. The van der Waals surface area contributed by atoms with Crippen molar-refractivity contribution in [1.29, 1.82) is 5.26 Å². The Labute approximate surface area is 165 Å². The van der Waals surface area contributed by atoms with Crippen LogP contribution in [-0.2, 0) is 33.5 Å². The summed E-state index contributed by atoms with van der Waals surface area (Å²) in [5.41, 5.74) is 3.69. The second-order valence-electron chi connectivity index (χ2n) is 6.86. The molecule has 0 saturated carbocycles. The maximum atomic E-state index is 12.4. The van der Waals surface area contributed by atoms with E-state index in [-0.39, 0.29) is 18.2 Å². The Kier molecular flexibility index (Phi) is 6.12. The van der Waals surface area contributed by atoms with E-state index in [0.29, 0.717) is 30.5 Å². The highest BCUT2D eigenvalue weighted by atomic mass is 32.2. The average molecular weight is 398 g/mol. The summed E-state index contributed by atoms with van der Waals surface area (Å²) in [5, 5.41) is 9.12. The number of benzene rings is 2. The predicted octanol–water partition coefficient (Wildman–Crippen LogP) is 2.87. The van der Waals surface area contributed by atoms with Gasteiger partial charge in [-0.3, -0.25) is 4.79 Å². The topological polar surface area (TPSA) is 90.3 Å². The van der Waals surface area contributed by atoms with E-state index in [9.17, 15) is 13.2 Å². The molecule has 1 aliphatic heterocycles. The Hall–Kier alpha value is -2.69. The number of sulfonamides is 1. The van der Waals surface area contributed by atoms with Gasteiger partial charge in [0.05, 0.1) is 17.4 Å². The second-order valence-corrected chi connectivity index (χ2v) is 8.66. The summed E-state index contributed by atoms with van der Waals surface area (Å²) in [6.07, 6.45) is 2.04. The highest BCUT2D eigenvalue weighted by molar-refractivity contribution is 7.88. The molecule has 146 valence electrons. The molecule has 0 aromatic heterocycles. The van der Waals surface area contributed by atoms with Crippen LogP contribution < -0.4 is 9.62 Å². The van der Waals surface area contributed by atoms with Crippen LogP contribution in [0.3, 0.4) is 0 Å². The van der Waals surface area contributed by atoms with Gasteiger partial charge in [-0.15, -0.1) is 0 Å². The van der Waals surface area contributed by atoms with Gasteiger partial charge < -0.3 is 4.90 Å². The Morgan fingerprint density at radius 2 is 1.96 bits per heavy atom. The maximum Gasteiger partial charge on any atom is 0.227 e. The van der Waals surface area contributed by atoms with E-state index in [1.54, 1.807) is 24.3 Å². The third kappa shape index (κ3) is 4.58. The third-order valence-electron chi connectivity index (χ3n) is 4.77. The number of amides is 1. The number of anilines is 1. The number of nitriles is 1. The van der Waals surface area contributed by atoms with Gasteiger partial charge in [0.1, 0.15) is 0 Å². The minimum Gasteiger partial charge on any atom is -0.312 e. The lowest BCUT2D eigenvalue weighted by atomic mass is 9.98. The van der Waals surface area contributed by atoms with Gasteiger partial charge in [-0.1, -0.05) is 37.3 Å². The first-order valence-electron chi connectivity index (χ1n) is 9.31. The predicted molar refractivity (Wildman–Crippen MR) is 108 cm³/mol. The minimum absolute atomic E-state index is 0.138. The molecule has 1 aliphatic rings. The fourth-order valence-electron chi connectivity index (χ4n) is 3.40. The number of nitrogens with one attached hydrogen (secondary N) is 1. The molecule has 1 N–H and O–H groups in total. The van der Waals surface area contributed by atoms with Crippen LogP contribution in [-0.4, -0.2) is 20.9 Å². The summed E-state index contributed by atoms with van der Waals surface area (Å²) in [6, 6.07) is 14.4. The standard InChI is InChI=1S/C21H23N3O3S/c1-2-11-24-20-9-7-16(12-17(20)8-10-21(24)25)14-23-28(26,27)15-19-6-4-3-5-18(19)13-22/h3-7,9,12,23H,2,8,10-11,14-15H2,1H3. The zero-order chi connectivity index (χ0) is 20.1. The van der Waals surface area contributed by atoms with Crippen LogP contribution in [0.1, 0.15) is 42.0 Å². The van der Waals surface area contributed by atoms with Crippen molar-refractivity contribution in [3.63, 3.8) is 0 Å². The first-order chi connectivity index (χ1) is 13.4. The van der Waals surface area contributed by atoms with Crippen LogP contribution >= 0.6 is 0 Å². The number of hydrogen-bond donors (Lipinski definition) is 1. The molecular weight excluding hydrogens is 374 g/mol. The molecule has 0 atom stereocenters. The van der Waals surface area contributed by atoms with Crippen LogP contribution in [0, 0.1) is 11.3 Å². The highest BCUT2D eigenvalue weighted by Crippen LogP contribution is 2.29. The molecule has 0 bridgehead atoms. The van der Waals surface area contributed by atoms with Gasteiger partial charge in [0.25, 0.3) is 0 Å². The van der Waals surface area contributed by atoms with E-state index in [0.717, 1.165) is 23.2 Å². The van der Waals surface area contributed by atoms with E-state index >= 15 is 0 Å². The summed E-state index contributed by atoms with van der Waals surface area (Å²) >= 11 is 0. The summed E-state index contributed by atoms with van der Waals surface area (Å²) in [7, 11) is -3.58. The van der Waals surface area contributed by atoms with Crippen LogP contribution in [0.5, 0.6) is 0 Å². The number of rotatable bonds is 7. The number of fused-ring (bicyclic) bond motifs is 1. The van der Waals surface area contributed by atoms with E-state index in [1.807, 2.05) is 36.1 Å². The average Bonchev–Trinajstić information content (AvgIpc) is 2.69. The lowest BCUT2D eigenvalue weighted by molar-refractivity contribution is -0.118. The fourth-order valence-corrected chi connectivity index (χ4v) is 4.55. The van der Waals surface area contributed by atoms with Crippen molar-refractivity contribution in [2.45, 2.75) is 38.5 Å². The zero-order valence-corrected chi connectivity index (χ0v) is 16.6. The molecule has 6 nitrogen and oxygen atoms in total. The third-order valence-corrected chi connectivity index (χ3v) is 6.05. The summed E-state index contributed by atoms with van der Waals surface area (Å²) < 4.78 is 27.5. The second kappa shape index (κ2) is 8.55. The normalized spacial score (nSPS) is 13.9. The molecule has 28 heavy (non-hydrogen) atoms. The van der Waals surface area contributed by atoms with Crippen molar-refractivity contribution < 1.29 is 13.2 Å². The fraction of sp³-hybridized carbons (Fsp3) is 0.333. The van der Waals surface area contributed by atoms with Crippen molar-refractivity contribution in [1.82, 2.24) is 4.72 Å². The first kappa shape index (κ1) is 20.1. The van der Waals surface area contributed by atoms with Crippen molar-refractivity contribution >= 4 is 21.6 Å². The van der Waals surface area contributed by atoms with Gasteiger partial charge in [0, 0.05) is 25.2 Å². The van der Waals surface area contributed by atoms with Gasteiger partial charge in [0.15, 0.2) is 0 Å².